The van der Waals surface area contributed by atoms with Crippen LogP contribution in [0, 0.1) is 0 Å². The van der Waals surface area contributed by atoms with Crippen LogP contribution in [0.4, 0.5) is 11.4 Å². The molecule has 1 aliphatic carbocycles. The largest absolute Gasteiger partial charge is 0.376 e. The van der Waals surface area contributed by atoms with E-state index in [-0.39, 0.29) is 18.4 Å². The van der Waals surface area contributed by atoms with Crippen LogP contribution >= 0.6 is 0 Å². The number of anilines is 2. The Kier molecular flexibility index (Phi) is 5.89. The molecule has 0 bridgehead atoms. The van der Waals surface area contributed by atoms with E-state index < -0.39 is 0 Å². The molecule has 136 valence electrons. The molecule has 2 aromatic carbocycles. The summed E-state index contributed by atoms with van der Waals surface area (Å²) in [4.78, 5) is 24.2. The van der Waals surface area contributed by atoms with Gasteiger partial charge in [-0.15, -0.1) is 0 Å². The Labute approximate surface area is 154 Å². The molecule has 0 saturated heterocycles. The fraction of sp³-hybridized carbons (Fsp3) is 0.333. The molecule has 0 atom stereocenters. The van der Waals surface area contributed by atoms with Gasteiger partial charge >= 0.3 is 0 Å². The third kappa shape index (κ3) is 4.42. The first-order chi connectivity index (χ1) is 12.7. The number of carbonyl (C=O) groups is 2. The molecule has 0 aromatic heterocycles. The molecule has 3 N–H and O–H groups in total. The van der Waals surface area contributed by atoms with Gasteiger partial charge in [0.2, 0.25) is 5.91 Å². The minimum absolute atomic E-state index is 0.133. The maximum Gasteiger partial charge on any atom is 0.251 e. The Balaban J connectivity index is 1.60. The lowest BCUT2D eigenvalue weighted by atomic mass is 9.90. The van der Waals surface area contributed by atoms with E-state index in [9.17, 15) is 9.59 Å². The quantitative estimate of drug-likeness (QED) is 0.747. The first-order valence-corrected chi connectivity index (χ1v) is 9.20. The lowest BCUT2D eigenvalue weighted by molar-refractivity contribution is -0.114. The molecule has 0 heterocycles. The molecule has 0 saturated carbocycles. The number of nitrogens with one attached hydrogen (secondary N) is 3. The lowest BCUT2D eigenvalue weighted by Crippen LogP contribution is -2.24. The maximum atomic E-state index is 12.3. The van der Waals surface area contributed by atoms with E-state index in [0.29, 0.717) is 17.8 Å². The molecule has 5 heteroatoms. The molecular weight excluding hydrogens is 326 g/mol. The summed E-state index contributed by atoms with van der Waals surface area (Å²) in [5.74, 6) is -0.274. The monoisotopic (exact) mass is 351 g/mol. The Bertz CT molecular complexity index is 802. The molecular formula is C21H25N3O2. The van der Waals surface area contributed by atoms with Crippen LogP contribution in [0.15, 0.2) is 42.5 Å². The van der Waals surface area contributed by atoms with Gasteiger partial charge in [0, 0.05) is 23.5 Å². The molecule has 26 heavy (non-hydrogen) atoms. The highest BCUT2D eigenvalue weighted by Crippen LogP contribution is 2.27. The number of aryl methyl sites for hydroxylation is 1. The van der Waals surface area contributed by atoms with E-state index in [2.05, 4.69) is 22.0 Å². The zero-order valence-electron chi connectivity index (χ0n) is 15.1. The standard InChI is InChI=1S/C21H25N3O2/c1-2-22-21(26)16-9-5-10-17(13-16)24-20(25)14-23-19-12-6-8-15-7-3-4-11-18(15)19/h5-6,8-10,12-13,23H,2-4,7,11,14H2,1H3,(H,22,26)(H,24,25). The normalized spacial score (nSPS) is 12.8. The van der Waals surface area contributed by atoms with Crippen LogP contribution in [0.5, 0.6) is 0 Å². The van der Waals surface area contributed by atoms with Gasteiger partial charge in [0.25, 0.3) is 5.91 Å². The second kappa shape index (κ2) is 8.52. The summed E-state index contributed by atoms with van der Waals surface area (Å²) in [6, 6.07) is 13.2. The van der Waals surface area contributed by atoms with Gasteiger partial charge in [0.1, 0.15) is 0 Å². The smallest absolute Gasteiger partial charge is 0.251 e. The van der Waals surface area contributed by atoms with Crippen molar-refractivity contribution >= 4 is 23.2 Å². The van der Waals surface area contributed by atoms with E-state index in [1.807, 2.05) is 19.1 Å². The fourth-order valence-corrected chi connectivity index (χ4v) is 3.33. The number of fused-ring (bicyclic) bond motifs is 1. The molecule has 0 fully saturated rings. The van der Waals surface area contributed by atoms with Crippen molar-refractivity contribution in [2.24, 2.45) is 0 Å². The minimum atomic E-state index is -0.141. The average Bonchev–Trinajstić information content (AvgIpc) is 2.67. The van der Waals surface area contributed by atoms with Gasteiger partial charge in [-0.25, -0.2) is 0 Å². The second-order valence-corrected chi connectivity index (χ2v) is 6.49. The number of hydrogen-bond acceptors (Lipinski definition) is 3. The average molecular weight is 351 g/mol. The van der Waals surface area contributed by atoms with Gasteiger partial charge in [0.15, 0.2) is 0 Å². The van der Waals surface area contributed by atoms with E-state index in [1.54, 1.807) is 24.3 Å². The van der Waals surface area contributed by atoms with Crippen LogP contribution in [-0.2, 0) is 17.6 Å². The molecule has 0 aliphatic heterocycles. The van der Waals surface area contributed by atoms with Gasteiger partial charge in [-0.05, 0) is 68.0 Å². The van der Waals surface area contributed by atoms with Gasteiger partial charge in [-0.2, -0.15) is 0 Å². The minimum Gasteiger partial charge on any atom is -0.376 e. The van der Waals surface area contributed by atoms with Crippen LogP contribution in [0.25, 0.3) is 0 Å². The predicted octanol–water partition coefficient (Wildman–Crippen LogP) is 3.37. The Hall–Kier alpha value is -2.82. The summed E-state index contributed by atoms with van der Waals surface area (Å²) in [7, 11) is 0. The Morgan fingerprint density at radius 2 is 1.85 bits per heavy atom. The topological polar surface area (TPSA) is 70.2 Å². The highest BCUT2D eigenvalue weighted by Gasteiger charge is 2.13. The summed E-state index contributed by atoms with van der Waals surface area (Å²) in [6.45, 7) is 2.64. The van der Waals surface area contributed by atoms with Crippen molar-refractivity contribution < 1.29 is 9.59 Å². The number of amides is 2. The van der Waals surface area contributed by atoms with E-state index in [1.165, 1.54) is 24.0 Å². The predicted molar refractivity (Wildman–Crippen MR) is 105 cm³/mol. The molecule has 2 amide bonds. The van der Waals surface area contributed by atoms with Crippen molar-refractivity contribution in [3.05, 3.63) is 59.2 Å². The number of rotatable bonds is 6. The maximum absolute atomic E-state index is 12.3. The van der Waals surface area contributed by atoms with Crippen molar-refractivity contribution in [2.45, 2.75) is 32.6 Å². The van der Waals surface area contributed by atoms with Gasteiger partial charge < -0.3 is 16.0 Å². The summed E-state index contributed by atoms with van der Waals surface area (Å²) in [5.41, 5.74) is 4.93. The molecule has 1 aliphatic rings. The first-order valence-electron chi connectivity index (χ1n) is 9.20. The first kappa shape index (κ1) is 18.0. The van der Waals surface area contributed by atoms with Crippen LogP contribution in [0.1, 0.15) is 41.3 Å². The second-order valence-electron chi connectivity index (χ2n) is 6.49. The number of carbonyl (C=O) groups excluding carboxylic acids is 2. The molecule has 0 spiro atoms. The van der Waals surface area contributed by atoms with Crippen molar-refractivity contribution in [3.8, 4) is 0 Å². The van der Waals surface area contributed by atoms with Crippen LogP contribution in [-0.4, -0.2) is 24.9 Å². The van der Waals surface area contributed by atoms with Gasteiger partial charge in [-0.1, -0.05) is 18.2 Å². The molecule has 0 radical (unpaired) electrons. The van der Waals surface area contributed by atoms with Crippen molar-refractivity contribution in [1.82, 2.24) is 5.32 Å². The molecule has 3 rings (SSSR count). The summed E-state index contributed by atoms with van der Waals surface area (Å²) in [5, 5.41) is 8.86. The van der Waals surface area contributed by atoms with Crippen molar-refractivity contribution in [2.75, 3.05) is 23.7 Å². The van der Waals surface area contributed by atoms with Crippen LogP contribution in [0.3, 0.4) is 0 Å². The van der Waals surface area contributed by atoms with E-state index >= 15 is 0 Å². The van der Waals surface area contributed by atoms with Crippen molar-refractivity contribution in [3.63, 3.8) is 0 Å². The summed E-state index contributed by atoms with van der Waals surface area (Å²) in [6.07, 6.45) is 4.61. The van der Waals surface area contributed by atoms with Gasteiger partial charge in [-0.3, -0.25) is 9.59 Å². The fourth-order valence-electron chi connectivity index (χ4n) is 3.33. The molecule has 0 unspecified atom stereocenters. The third-order valence-electron chi connectivity index (χ3n) is 4.58. The highest BCUT2D eigenvalue weighted by atomic mass is 16.2. The zero-order chi connectivity index (χ0) is 18.4. The third-order valence-corrected chi connectivity index (χ3v) is 4.58. The Morgan fingerprint density at radius 1 is 1.04 bits per heavy atom. The summed E-state index contributed by atoms with van der Waals surface area (Å²) >= 11 is 0. The van der Waals surface area contributed by atoms with Crippen molar-refractivity contribution in [1.29, 1.82) is 0 Å². The number of hydrogen-bond donors (Lipinski definition) is 3. The Morgan fingerprint density at radius 3 is 2.69 bits per heavy atom. The zero-order valence-corrected chi connectivity index (χ0v) is 15.1. The lowest BCUT2D eigenvalue weighted by Gasteiger charge is -2.20. The SMILES string of the molecule is CCNC(=O)c1cccc(NC(=O)CNc2cccc3c2CCCC3)c1. The number of benzene rings is 2. The summed E-state index contributed by atoms with van der Waals surface area (Å²) < 4.78 is 0. The molecule has 5 nitrogen and oxygen atoms in total. The van der Waals surface area contributed by atoms with Gasteiger partial charge in [0.05, 0.1) is 6.54 Å². The highest BCUT2D eigenvalue weighted by molar-refractivity contribution is 5.98. The van der Waals surface area contributed by atoms with Crippen LogP contribution < -0.4 is 16.0 Å². The van der Waals surface area contributed by atoms with Crippen LogP contribution in [0.2, 0.25) is 0 Å². The van der Waals surface area contributed by atoms with E-state index in [0.717, 1.165) is 18.5 Å². The molecule has 2 aromatic rings. The van der Waals surface area contributed by atoms with E-state index in [4.69, 9.17) is 0 Å².